The van der Waals surface area contributed by atoms with Crippen molar-refractivity contribution in [1.29, 1.82) is 0 Å². The third kappa shape index (κ3) is 6.34. The summed E-state index contributed by atoms with van der Waals surface area (Å²) in [6, 6.07) is 4.99. The number of hydrogen-bond donors (Lipinski definition) is 2. The molecule has 2 amide bonds. The molecule has 2 N–H and O–H groups in total. The van der Waals surface area contributed by atoms with Gasteiger partial charge in [-0.3, -0.25) is 9.59 Å². The van der Waals surface area contributed by atoms with Gasteiger partial charge in [-0.1, -0.05) is 13.0 Å². The van der Waals surface area contributed by atoms with Crippen molar-refractivity contribution in [2.45, 2.75) is 52.0 Å². The summed E-state index contributed by atoms with van der Waals surface area (Å²) < 4.78 is 0. The van der Waals surface area contributed by atoms with Crippen LogP contribution >= 0.6 is 11.8 Å². The molecular formula is C19H29N3O2S. The maximum Gasteiger partial charge on any atom is 0.248 e. The molecule has 6 heteroatoms. The highest BCUT2D eigenvalue weighted by molar-refractivity contribution is 7.98. The molecule has 0 bridgehead atoms. The Morgan fingerprint density at radius 3 is 2.64 bits per heavy atom. The Morgan fingerprint density at radius 2 is 2.00 bits per heavy atom. The number of thioether (sulfide) groups is 1. The minimum atomic E-state index is -0.512. The van der Waals surface area contributed by atoms with E-state index in [9.17, 15) is 9.59 Å². The fourth-order valence-electron chi connectivity index (χ4n) is 3.14. The number of rotatable bonds is 7. The van der Waals surface area contributed by atoms with Gasteiger partial charge in [0.2, 0.25) is 11.8 Å². The van der Waals surface area contributed by atoms with Gasteiger partial charge in [0.15, 0.2) is 0 Å². The highest BCUT2D eigenvalue weighted by Gasteiger charge is 2.28. The monoisotopic (exact) mass is 363 g/mol. The predicted octanol–water partition coefficient (Wildman–Crippen LogP) is 3.39. The van der Waals surface area contributed by atoms with Gasteiger partial charge in [0.05, 0.1) is 0 Å². The zero-order valence-electron chi connectivity index (χ0n) is 15.4. The lowest BCUT2D eigenvalue weighted by molar-refractivity contribution is -0.130. The first kappa shape index (κ1) is 19.8. The second kappa shape index (κ2) is 9.80. The number of amides is 2. The molecule has 1 aromatic heterocycles. The first-order chi connectivity index (χ1) is 12.0. The number of nitrogens with one attached hydrogen (secondary N) is 2. The maximum absolute atomic E-state index is 12.6. The largest absolute Gasteiger partial charge is 0.344 e. The van der Waals surface area contributed by atoms with Crippen molar-refractivity contribution < 1.29 is 9.59 Å². The molecule has 1 aromatic rings. The normalized spacial score (nSPS) is 21.4. The second-order valence-corrected chi connectivity index (χ2v) is 7.94. The van der Waals surface area contributed by atoms with Crippen LogP contribution in [-0.4, -0.2) is 34.8 Å². The Morgan fingerprint density at radius 1 is 1.28 bits per heavy atom. The standard InChI is InChI=1S/C19H29N3O2S/c1-13-7-9-15(10-8-13)18(23)21-16(11-12-25-3)19(24)22-17-6-4-5-14(2)20-17/h4-6,13,15-16H,7-12H2,1-3H3,(H,21,23)(H,20,22,24)/t13?,15?,16-/m0/s1. The van der Waals surface area contributed by atoms with Crippen molar-refractivity contribution in [1.82, 2.24) is 10.3 Å². The molecule has 1 saturated carbocycles. The minimum absolute atomic E-state index is 0.0188. The quantitative estimate of drug-likeness (QED) is 0.779. The Labute approximate surface area is 154 Å². The molecule has 25 heavy (non-hydrogen) atoms. The van der Waals surface area contributed by atoms with Gasteiger partial charge in [-0.05, 0) is 69.1 Å². The predicted molar refractivity (Wildman–Crippen MR) is 104 cm³/mol. The fourth-order valence-corrected chi connectivity index (χ4v) is 3.61. The Balaban J connectivity index is 1.96. The fraction of sp³-hybridized carbons (Fsp3) is 0.632. The topological polar surface area (TPSA) is 71.1 Å². The summed E-state index contributed by atoms with van der Waals surface area (Å²) in [5.41, 5.74) is 0.846. The highest BCUT2D eigenvalue weighted by Crippen LogP contribution is 2.28. The summed E-state index contributed by atoms with van der Waals surface area (Å²) in [6.45, 7) is 4.12. The molecule has 0 aliphatic heterocycles. The van der Waals surface area contributed by atoms with E-state index >= 15 is 0 Å². The average Bonchev–Trinajstić information content (AvgIpc) is 2.59. The van der Waals surface area contributed by atoms with Crippen molar-refractivity contribution in [3.05, 3.63) is 23.9 Å². The van der Waals surface area contributed by atoms with Crippen LogP contribution in [0.4, 0.5) is 5.82 Å². The summed E-state index contributed by atoms with van der Waals surface area (Å²) in [4.78, 5) is 29.5. The van der Waals surface area contributed by atoms with Gasteiger partial charge in [-0.2, -0.15) is 11.8 Å². The third-order valence-electron chi connectivity index (χ3n) is 4.77. The molecule has 1 fully saturated rings. The molecule has 2 rings (SSSR count). The van der Waals surface area contributed by atoms with Crippen molar-refractivity contribution in [3.8, 4) is 0 Å². The number of carbonyl (C=O) groups excluding carboxylic acids is 2. The third-order valence-corrected chi connectivity index (χ3v) is 5.41. The zero-order chi connectivity index (χ0) is 18.2. The van der Waals surface area contributed by atoms with Crippen LogP contribution in [-0.2, 0) is 9.59 Å². The molecule has 138 valence electrons. The molecule has 1 aliphatic rings. The van der Waals surface area contributed by atoms with E-state index in [1.165, 1.54) is 0 Å². The summed E-state index contributed by atoms with van der Waals surface area (Å²) in [7, 11) is 0. The average molecular weight is 364 g/mol. The molecule has 0 radical (unpaired) electrons. The number of hydrogen-bond acceptors (Lipinski definition) is 4. The smallest absolute Gasteiger partial charge is 0.248 e. The van der Waals surface area contributed by atoms with Gasteiger partial charge in [-0.25, -0.2) is 4.98 Å². The molecule has 0 saturated heterocycles. The number of anilines is 1. The molecule has 1 atom stereocenters. The van der Waals surface area contributed by atoms with Crippen molar-refractivity contribution >= 4 is 29.4 Å². The number of aromatic nitrogens is 1. The number of aryl methyl sites for hydroxylation is 1. The van der Waals surface area contributed by atoms with Gasteiger partial charge in [-0.15, -0.1) is 0 Å². The van der Waals surface area contributed by atoms with Crippen LogP contribution in [0.1, 0.15) is 44.7 Å². The SMILES string of the molecule is CSCC[C@H](NC(=O)C1CCC(C)CC1)C(=O)Nc1cccc(C)n1. The Kier molecular flexibility index (Phi) is 7.75. The Bertz CT molecular complexity index is 586. The minimum Gasteiger partial charge on any atom is -0.344 e. The molecular weight excluding hydrogens is 334 g/mol. The molecule has 1 aliphatic carbocycles. The lowest BCUT2D eigenvalue weighted by atomic mass is 9.82. The molecule has 5 nitrogen and oxygen atoms in total. The van der Waals surface area contributed by atoms with Crippen molar-refractivity contribution in [2.75, 3.05) is 17.3 Å². The van der Waals surface area contributed by atoms with E-state index in [4.69, 9.17) is 0 Å². The van der Waals surface area contributed by atoms with Crippen LogP contribution in [0, 0.1) is 18.8 Å². The van der Waals surface area contributed by atoms with Crippen LogP contribution < -0.4 is 10.6 Å². The van der Waals surface area contributed by atoms with Gasteiger partial charge in [0, 0.05) is 11.6 Å². The van der Waals surface area contributed by atoms with Crippen molar-refractivity contribution in [2.24, 2.45) is 11.8 Å². The zero-order valence-corrected chi connectivity index (χ0v) is 16.2. The Hall–Kier alpha value is -1.56. The van der Waals surface area contributed by atoms with Gasteiger partial charge in [0.1, 0.15) is 11.9 Å². The number of carbonyl (C=O) groups is 2. The highest BCUT2D eigenvalue weighted by atomic mass is 32.2. The number of nitrogens with zero attached hydrogens (tertiary/aromatic N) is 1. The summed E-state index contributed by atoms with van der Waals surface area (Å²) in [5, 5.41) is 5.81. The molecule has 1 heterocycles. The van der Waals surface area contributed by atoms with Gasteiger partial charge < -0.3 is 10.6 Å². The van der Waals surface area contributed by atoms with Crippen LogP contribution in [0.2, 0.25) is 0 Å². The van der Waals surface area contributed by atoms with Crippen molar-refractivity contribution in [3.63, 3.8) is 0 Å². The van der Waals surface area contributed by atoms with E-state index in [1.54, 1.807) is 17.8 Å². The molecule has 0 unspecified atom stereocenters. The van der Waals surface area contributed by atoms with Gasteiger partial charge >= 0.3 is 0 Å². The lowest BCUT2D eigenvalue weighted by Gasteiger charge is -2.27. The lowest BCUT2D eigenvalue weighted by Crippen LogP contribution is -2.47. The summed E-state index contributed by atoms with van der Waals surface area (Å²) in [6.07, 6.45) is 6.64. The number of pyridine rings is 1. The van der Waals surface area contributed by atoms with E-state index in [0.29, 0.717) is 18.2 Å². The van der Waals surface area contributed by atoms with Crippen LogP contribution in [0.5, 0.6) is 0 Å². The summed E-state index contributed by atoms with van der Waals surface area (Å²) >= 11 is 1.67. The van der Waals surface area contributed by atoms with Crippen LogP contribution in [0.15, 0.2) is 18.2 Å². The summed E-state index contributed by atoms with van der Waals surface area (Å²) in [5.74, 6) is 1.92. The first-order valence-corrected chi connectivity index (χ1v) is 10.4. The molecule has 0 spiro atoms. The van der Waals surface area contributed by atoms with Crippen LogP contribution in [0.3, 0.4) is 0 Å². The second-order valence-electron chi connectivity index (χ2n) is 6.95. The van der Waals surface area contributed by atoms with E-state index in [1.807, 2.05) is 25.3 Å². The first-order valence-electron chi connectivity index (χ1n) is 9.03. The molecule has 0 aromatic carbocycles. The van der Waals surface area contributed by atoms with Gasteiger partial charge in [0.25, 0.3) is 0 Å². The van der Waals surface area contributed by atoms with Crippen LogP contribution in [0.25, 0.3) is 0 Å². The maximum atomic E-state index is 12.6. The van der Waals surface area contributed by atoms with E-state index < -0.39 is 6.04 Å². The van der Waals surface area contributed by atoms with E-state index in [2.05, 4.69) is 22.5 Å². The van der Waals surface area contributed by atoms with E-state index in [-0.39, 0.29) is 17.7 Å². The van der Waals surface area contributed by atoms with E-state index in [0.717, 1.165) is 37.1 Å².